The molecule has 4 nitrogen and oxygen atoms in total. The molecule has 6 heteroatoms. The number of ether oxygens (including phenoxy) is 2. The van der Waals surface area contributed by atoms with Crippen LogP contribution in [0.2, 0.25) is 0 Å². The van der Waals surface area contributed by atoms with E-state index in [1.165, 1.54) is 6.26 Å². The largest absolute Gasteiger partial charge is 0.493 e. The molecule has 0 spiro atoms. The quantitative estimate of drug-likeness (QED) is 0.739. The number of hydrogen-bond donors (Lipinski definition) is 0. The molecule has 2 unspecified atom stereocenters. The molecule has 0 radical (unpaired) electrons. The van der Waals surface area contributed by atoms with E-state index in [4.69, 9.17) is 9.47 Å². The van der Waals surface area contributed by atoms with E-state index in [-0.39, 0.29) is 11.4 Å². The first kappa shape index (κ1) is 16.6. The number of halogens is 1. The van der Waals surface area contributed by atoms with Crippen molar-refractivity contribution in [3.63, 3.8) is 0 Å². The minimum atomic E-state index is -3.00. The SMILES string of the molecule is COc1cccc(CBr)c1OC1CCCC(S(C)(=O)=O)C1. The average molecular weight is 377 g/mol. The first-order chi connectivity index (χ1) is 9.95. The molecule has 0 saturated heterocycles. The highest BCUT2D eigenvalue weighted by Gasteiger charge is 2.30. The van der Waals surface area contributed by atoms with Crippen molar-refractivity contribution in [3.8, 4) is 11.5 Å². The number of sulfone groups is 1. The molecule has 1 fully saturated rings. The summed E-state index contributed by atoms with van der Waals surface area (Å²) in [6, 6.07) is 5.75. The van der Waals surface area contributed by atoms with Gasteiger partial charge in [0.25, 0.3) is 0 Å². The Kier molecular flexibility index (Phi) is 5.54. The maximum atomic E-state index is 11.7. The van der Waals surface area contributed by atoms with Crippen molar-refractivity contribution in [2.45, 2.75) is 42.4 Å². The van der Waals surface area contributed by atoms with E-state index in [2.05, 4.69) is 15.9 Å². The van der Waals surface area contributed by atoms with E-state index in [0.29, 0.717) is 17.5 Å². The Bertz CT molecular complexity index is 563. The van der Waals surface area contributed by atoms with Crippen LogP contribution in [-0.4, -0.2) is 33.1 Å². The molecule has 118 valence electrons. The first-order valence-electron chi connectivity index (χ1n) is 7.03. The minimum absolute atomic E-state index is 0.0763. The van der Waals surface area contributed by atoms with Crippen molar-refractivity contribution in [3.05, 3.63) is 23.8 Å². The Morgan fingerprint density at radius 3 is 2.71 bits per heavy atom. The molecular formula is C15H21BrO4S. The fourth-order valence-corrected chi connectivity index (χ4v) is 4.33. The molecule has 0 bridgehead atoms. The summed E-state index contributed by atoms with van der Waals surface area (Å²) in [6.07, 6.45) is 4.28. The van der Waals surface area contributed by atoms with Gasteiger partial charge in [-0.25, -0.2) is 8.42 Å². The van der Waals surface area contributed by atoms with Gasteiger partial charge in [-0.1, -0.05) is 28.1 Å². The highest BCUT2D eigenvalue weighted by Crippen LogP contribution is 2.36. The van der Waals surface area contributed by atoms with Gasteiger partial charge in [0.05, 0.1) is 12.4 Å². The third-order valence-electron chi connectivity index (χ3n) is 3.89. The Morgan fingerprint density at radius 2 is 2.10 bits per heavy atom. The summed E-state index contributed by atoms with van der Waals surface area (Å²) in [5.74, 6) is 1.41. The van der Waals surface area contributed by atoms with Crippen LogP contribution in [0.25, 0.3) is 0 Å². The molecule has 1 saturated carbocycles. The van der Waals surface area contributed by atoms with Crippen molar-refractivity contribution in [1.29, 1.82) is 0 Å². The van der Waals surface area contributed by atoms with Gasteiger partial charge in [0.2, 0.25) is 0 Å². The van der Waals surface area contributed by atoms with Gasteiger partial charge in [-0.3, -0.25) is 0 Å². The average Bonchev–Trinajstić information content (AvgIpc) is 2.47. The van der Waals surface area contributed by atoms with E-state index >= 15 is 0 Å². The van der Waals surface area contributed by atoms with Gasteiger partial charge in [-0.2, -0.15) is 0 Å². The summed E-state index contributed by atoms with van der Waals surface area (Å²) >= 11 is 3.45. The number of hydrogen-bond acceptors (Lipinski definition) is 4. The number of rotatable bonds is 5. The second kappa shape index (κ2) is 7.01. The molecule has 21 heavy (non-hydrogen) atoms. The molecule has 0 aliphatic heterocycles. The second-order valence-electron chi connectivity index (χ2n) is 5.44. The van der Waals surface area contributed by atoms with Gasteiger partial charge in [-0.15, -0.1) is 0 Å². The summed E-state index contributed by atoms with van der Waals surface area (Å²) in [7, 11) is -1.39. The third kappa shape index (κ3) is 4.13. The fourth-order valence-electron chi connectivity index (χ4n) is 2.73. The van der Waals surface area contributed by atoms with Gasteiger partial charge in [0.1, 0.15) is 15.9 Å². The maximum Gasteiger partial charge on any atom is 0.165 e. The topological polar surface area (TPSA) is 52.6 Å². The lowest BCUT2D eigenvalue weighted by Crippen LogP contribution is -2.33. The van der Waals surface area contributed by atoms with Crippen LogP contribution >= 0.6 is 15.9 Å². The molecule has 0 N–H and O–H groups in total. The standard InChI is InChI=1S/C15H21BrO4S/c1-19-14-8-3-5-11(10-16)15(14)20-12-6-4-7-13(9-12)21(2,17)18/h3,5,8,12-13H,4,6-7,9-10H2,1-2H3. The predicted molar refractivity (Wildman–Crippen MR) is 87.1 cm³/mol. The zero-order valence-electron chi connectivity index (χ0n) is 12.3. The van der Waals surface area contributed by atoms with Crippen LogP contribution in [0.5, 0.6) is 11.5 Å². The minimum Gasteiger partial charge on any atom is -0.493 e. The van der Waals surface area contributed by atoms with Crippen LogP contribution in [0, 0.1) is 0 Å². The van der Waals surface area contributed by atoms with Crippen LogP contribution in [-0.2, 0) is 15.2 Å². The van der Waals surface area contributed by atoms with E-state index in [1.807, 2.05) is 18.2 Å². The second-order valence-corrected chi connectivity index (χ2v) is 8.33. The molecule has 1 aromatic rings. The molecule has 0 amide bonds. The van der Waals surface area contributed by atoms with Crippen LogP contribution < -0.4 is 9.47 Å². The zero-order valence-corrected chi connectivity index (χ0v) is 14.7. The molecule has 2 atom stereocenters. The Hall–Kier alpha value is -0.750. The van der Waals surface area contributed by atoms with Gasteiger partial charge in [0.15, 0.2) is 11.5 Å². The molecule has 1 aliphatic carbocycles. The van der Waals surface area contributed by atoms with Crippen LogP contribution in [0.4, 0.5) is 0 Å². The van der Waals surface area contributed by atoms with Gasteiger partial charge in [0, 0.05) is 23.6 Å². The van der Waals surface area contributed by atoms with Crippen LogP contribution in [0.1, 0.15) is 31.2 Å². The molecule has 2 rings (SSSR count). The lowest BCUT2D eigenvalue weighted by molar-refractivity contribution is 0.149. The Labute approximate surface area is 134 Å². The smallest absolute Gasteiger partial charge is 0.165 e. The van der Waals surface area contributed by atoms with Crippen molar-refractivity contribution in [1.82, 2.24) is 0 Å². The first-order valence-corrected chi connectivity index (χ1v) is 10.1. The summed E-state index contributed by atoms with van der Waals surface area (Å²) < 4.78 is 35.0. The highest BCUT2D eigenvalue weighted by molar-refractivity contribution is 9.08. The van der Waals surface area contributed by atoms with Gasteiger partial charge >= 0.3 is 0 Å². The highest BCUT2D eigenvalue weighted by atomic mass is 79.9. The van der Waals surface area contributed by atoms with Crippen molar-refractivity contribution < 1.29 is 17.9 Å². The number of benzene rings is 1. The van der Waals surface area contributed by atoms with Gasteiger partial charge < -0.3 is 9.47 Å². The Balaban J connectivity index is 2.18. The molecule has 0 aromatic heterocycles. The van der Waals surface area contributed by atoms with E-state index in [1.54, 1.807) is 7.11 Å². The number of methoxy groups -OCH3 is 1. The molecule has 1 aliphatic rings. The summed E-state index contributed by atoms with van der Waals surface area (Å²) in [6.45, 7) is 0. The van der Waals surface area contributed by atoms with E-state index in [9.17, 15) is 8.42 Å². The maximum absolute atomic E-state index is 11.7. The van der Waals surface area contributed by atoms with Crippen LogP contribution in [0.15, 0.2) is 18.2 Å². The summed E-state index contributed by atoms with van der Waals surface area (Å²) in [5.41, 5.74) is 1.01. The fraction of sp³-hybridized carbons (Fsp3) is 0.600. The van der Waals surface area contributed by atoms with Gasteiger partial charge in [-0.05, 0) is 25.3 Å². The molecule has 0 heterocycles. The van der Waals surface area contributed by atoms with E-state index in [0.717, 1.165) is 30.6 Å². The Morgan fingerprint density at radius 1 is 1.33 bits per heavy atom. The number of para-hydroxylation sites is 1. The van der Waals surface area contributed by atoms with Crippen molar-refractivity contribution >= 4 is 25.8 Å². The molecular weight excluding hydrogens is 356 g/mol. The number of alkyl halides is 1. The predicted octanol–water partition coefficient (Wildman–Crippen LogP) is 3.32. The summed E-state index contributed by atoms with van der Waals surface area (Å²) in [5, 5.41) is 0.375. The third-order valence-corrected chi connectivity index (χ3v) is 6.14. The lowest BCUT2D eigenvalue weighted by atomic mass is 9.97. The molecule has 1 aromatic carbocycles. The van der Waals surface area contributed by atoms with E-state index < -0.39 is 9.84 Å². The van der Waals surface area contributed by atoms with Crippen LogP contribution in [0.3, 0.4) is 0 Å². The summed E-state index contributed by atoms with van der Waals surface area (Å²) in [4.78, 5) is 0. The monoisotopic (exact) mass is 376 g/mol. The van der Waals surface area contributed by atoms with Crippen molar-refractivity contribution in [2.75, 3.05) is 13.4 Å². The lowest BCUT2D eigenvalue weighted by Gasteiger charge is -2.29. The van der Waals surface area contributed by atoms with Crippen molar-refractivity contribution in [2.24, 2.45) is 0 Å². The zero-order chi connectivity index (χ0) is 15.5. The normalized spacial score (nSPS) is 22.8.